The summed E-state index contributed by atoms with van der Waals surface area (Å²) in [6, 6.07) is 8.12. The Balaban J connectivity index is 2.03. The van der Waals surface area contributed by atoms with E-state index in [-0.39, 0.29) is 15.7 Å². The second-order valence-corrected chi connectivity index (χ2v) is 10.4. The summed E-state index contributed by atoms with van der Waals surface area (Å²) < 4.78 is 52.6. The maximum absolute atomic E-state index is 12.2. The average molecular weight is 523 g/mol. The molecule has 0 saturated heterocycles. The number of nitrogens with zero attached hydrogens (tertiary/aromatic N) is 4. The smallest absolute Gasteiger partial charge is 0.296 e. The Hall–Kier alpha value is -2.72. The van der Waals surface area contributed by atoms with Gasteiger partial charge in [-0.05, 0) is 48.9 Å². The number of methoxy groups -OCH3 is 1. The van der Waals surface area contributed by atoms with E-state index < -0.39 is 10.1 Å². The van der Waals surface area contributed by atoms with Gasteiger partial charge >= 0.3 is 0 Å². The van der Waals surface area contributed by atoms with Gasteiger partial charge in [-0.2, -0.15) is 8.42 Å². The highest BCUT2D eigenvalue weighted by molar-refractivity contribution is 8.04. The number of fused-ring (bicyclic) bond motifs is 1. The van der Waals surface area contributed by atoms with Crippen LogP contribution in [0.2, 0.25) is 0 Å². The van der Waals surface area contributed by atoms with Crippen LogP contribution in [0.4, 0.5) is 20.9 Å². The number of thioether (sulfide) groups is 1. The second kappa shape index (κ2) is 11.6. The largest absolute Gasteiger partial charge is 0.495 e. The molecule has 8 nitrogen and oxygen atoms in total. The maximum atomic E-state index is 12.2. The van der Waals surface area contributed by atoms with Crippen LogP contribution < -0.4 is 9.64 Å². The van der Waals surface area contributed by atoms with Gasteiger partial charge in [0.15, 0.2) is 0 Å². The lowest BCUT2D eigenvalue weighted by atomic mass is 10.2. The maximum Gasteiger partial charge on any atom is 0.296 e. The van der Waals surface area contributed by atoms with Crippen LogP contribution in [0, 0.1) is 11.4 Å². The van der Waals surface area contributed by atoms with E-state index in [0.717, 1.165) is 34.2 Å². The van der Waals surface area contributed by atoms with Crippen LogP contribution in [-0.2, 0) is 10.1 Å². The second-order valence-electron chi connectivity index (χ2n) is 7.08. The molecule has 1 heterocycles. The highest BCUT2D eigenvalue weighted by atomic mass is 32.2. The molecule has 1 aromatic heterocycles. The zero-order chi connectivity index (χ0) is 24.7. The van der Waals surface area contributed by atoms with E-state index in [4.69, 9.17) is 4.74 Å². The lowest BCUT2D eigenvalue weighted by Gasteiger charge is -2.26. The molecule has 0 spiro atoms. The number of ether oxygens (including phenoxy) is 1. The first-order valence-electron chi connectivity index (χ1n) is 10.3. The summed E-state index contributed by atoms with van der Waals surface area (Å²) in [6.45, 7) is 5.43. The SMILES string of the molecule is CCCN(CCC)c1cc(S(=O)(=O)O)c(N=Nc2nc3ccc(SC#CF)cc3s2)cc1OC. The van der Waals surface area contributed by atoms with Crippen molar-refractivity contribution >= 4 is 59.9 Å². The van der Waals surface area contributed by atoms with Crippen LogP contribution in [0.5, 0.6) is 5.75 Å². The fourth-order valence-electron chi connectivity index (χ4n) is 3.30. The molecule has 3 aromatic rings. The van der Waals surface area contributed by atoms with E-state index in [1.165, 1.54) is 36.8 Å². The van der Waals surface area contributed by atoms with E-state index in [1.54, 1.807) is 18.2 Å². The minimum Gasteiger partial charge on any atom is -0.495 e. The van der Waals surface area contributed by atoms with Gasteiger partial charge < -0.3 is 9.64 Å². The first kappa shape index (κ1) is 25.9. The van der Waals surface area contributed by atoms with E-state index in [9.17, 15) is 17.4 Å². The molecule has 0 amide bonds. The Bertz CT molecular complexity index is 1360. The van der Waals surface area contributed by atoms with Crippen LogP contribution >= 0.6 is 23.1 Å². The lowest BCUT2D eigenvalue weighted by molar-refractivity contribution is 0.413. The standard InChI is InChI=1S/C22H23FN4O4S3/c1-4-9-27(10-5-2)18-14-21(34(28,29)30)17(13-19(18)31-3)25-26-22-24-16-7-6-15(32-11-8-23)12-20(16)33-22/h6-7,12-14H,4-5,9-10H2,1-3H3,(H,28,29,30). The first-order chi connectivity index (χ1) is 16.3. The highest BCUT2D eigenvalue weighted by Crippen LogP contribution is 2.39. The topological polar surface area (TPSA) is 104 Å². The van der Waals surface area contributed by atoms with Crippen LogP contribution in [0.3, 0.4) is 0 Å². The van der Waals surface area contributed by atoms with Crippen molar-refractivity contribution in [3.05, 3.63) is 30.3 Å². The van der Waals surface area contributed by atoms with Gasteiger partial charge in [-0.25, -0.2) is 4.98 Å². The molecule has 0 atom stereocenters. The molecular weight excluding hydrogens is 499 g/mol. The normalized spacial score (nSPS) is 11.6. The molecule has 0 fully saturated rings. The number of aromatic nitrogens is 1. The van der Waals surface area contributed by atoms with Gasteiger partial charge in [-0.3, -0.25) is 4.55 Å². The molecule has 0 aliphatic heterocycles. The van der Waals surface area contributed by atoms with Gasteiger partial charge in [0, 0.05) is 29.3 Å². The Morgan fingerprint density at radius 3 is 2.56 bits per heavy atom. The Morgan fingerprint density at radius 1 is 1.21 bits per heavy atom. The van der Waals surface area contributed by atoms with E-state index in [0.29, 0.717) is 30.0 Å². The van der Waals surface area contributed by atoms with Crippen molar-refractivity contribution in [3.63, 3.8) is 0 Å². The molecule has 180 valence electrons. The Kier molecular flexibility index (Phi) is 8.84. The predicted octanol–water partition coefficient (Wildman–Crippen LogP) is 6.57. The number of halogens is 1. The van der Waals surface area contributed by atoms with Crippen LogP contribution in [-0.4, -0.2) is 38.2 Å². The molecule has 12 heteroatoms. The van der Waals surface area contributed by atoms with Crippen molar-refractivity contribution < 1.29 is 22.1 Å². The summed E-state index contributed by atoms with van der Waals surface area (Å²) in [5, 5.41) is 10.7. The zero-order valence-electron chi connectivity index (χ0n) is 18.8. The van der Waals surface area contributed by atoms with E-state index in [1.807, 2.05) is 18.7 Å². The Labute approximate surface area is 206 Å². The van der Waals surface area contributed by atoms with E-state index in [2.05, 4.69) is 20.5 Å². The van der Waals surface area contributed by atoms with Gasteiger partial charge in [0.2, 0.25) is 5.13 Å². The van der Waals surface area contributed by atoms with Gasteiger partial charge in [0.25, 0.3) is 10.1 Å². The van der Waals surface area contributed by atoms with Crippen molar-refractivity contribution in [2.24, 2.45) is 10.2 Å². The molecule has 0 radical (unpaired) electrons. The molecule has 1 N–H and O–H groups in total. The van der Waals surface area contributed by atoms with Gasteiger partial charge in [-0.1, -0.05) is 25.2 Å². The van der Waals surface area contributed by atoms with Gasteiger partial charge in [0.05, 0.1) is 23.0 Å². The summed E-state index contributed by atoms with van der Waals surface area (Å²) in [5.41, 5.74) is 1.15. The van der Waals surface area contributed by atoms with Crippen molar-refractivity contribution in [1.29, 1.82) is 0 Å². The fraction of sp³-hybridized carbons (Fsp3) is 0.318. The van der Waals surface area contributed by atoms with Crippen molar-refractivity contribution in [3.8, 4) is 17.2 Å². The number of hydrogen-bond donors (Lipinski definition) is 1. The monoisotopic (exact) mass is 522 g/mol. The Morgan fingerprint density at radius 2 is 1.94 bits per heavy atom. The summed E-state index contributed by atoms with van der Waals surface area (Å²) in [5.74, 6) is 0.420. The minimum atomic E-state index is -4.59. The average Bonchev–Trinajstić information content (AvgIpc) is 3.22. The van der Waals surface area contributed by atoms with Crippen molar-refractivity contribution in [1.82, 2.24) is 4.98 Å². The van der Waals surface area contributed by atoms with Crippen LogP contribution in [0.15, 0.2) is 50.4 Å². The summed E-state index contributed by atoms with van der Waals surface area (Å²) in [4.78, 5) is 6.76. The van der Waals surface area contributed by atoms with Gasteiger partial charge in [-0.15, -0.1) is 14.6 Å². The number of hydrogen-bond acceptors (Lipinski definition) is 9. The van der Waals surface area contributed by atoms with E-state index >= 15 is 0 Å². The minimum absolute atomic E-state index is 0.0650. The van der Waals surface area contributed by atoms with Crippen LogP contribution in [0.25, 0.3) is 10.2 Å². The fourth-order valence-corrected chi connectivity index (χ4v) is 5.30. The molecule has 3 rings (SSSR count). The van der Waals surface area contributed by atoms with Gasteiger partial charge in [0.1, 0.15) is 22.5 Å². The number of azo groups is 1. The zero-order valence-corrected chi connectivity index (χ0v) is 21.2. The highest BCUT2D eigenvalue weighted by Gasteiger charge is 2.22. The molecule has 0 bridgehead atoms. The molecule has 0 aliphatic rings. The summed E-state index contributed by atoms with van der Waals surface area (Å²) >= 11 is 2.28. The number of rotatable bonds is 10. The van der Waals surface area contributed by atoms with Crippen molar-refractivity contribution in [2.45, 2.75) is 36.5 Å². The third kappa shape index (κ3) is 6.24. The molecular formula is C22H23FN4O4S3. The number of anilines is 1. The summed E-state index contributed by atoms with van der Waals surface area (Å²) in [6.07, 6.45) is 3.05. The molecule has 0 unspecified atom stereocenters. The molecule has 0 saturated carbocycles. The van der Waals surface area contributed by atoms with Crippen LogP contribution in [0.1, 0.15) is 26.7 Å². The number of thiazole rings is 1. The predicted molar refractivity (Wildman–Crippen MR) is 134 cm³/mol. The number of benzene rings is 2. The first-order valence-corrected chi connectivity index (χ1v) is 13.4. The third-order valence-corrected chi connectivity index (χ3v) is 7.12. The summed E-state index contributed by atoms with van der Waals surface area (Å²) in [7, 11) is -3.10. The molecule has 2 aromatic carbocycles. The quantitative estimate of drug-likeness (QED) is 0.139. The van der Waals surface area contributed by atoms with Crippen molar-refractivity contribution in [2.75, 3.05) is 25.1 Å². The molecule has 34 heavy (non-hydrogen) atoms. The molecule has 0 aliphatic carbocycles. The third-order valence-electron chi connectivity index (χ3n) is 4.67. The lowest BCUT2D eigenvalue weighted by Crippen LogP contribution is -2.25.